The van der Waals surface area contributed by atoms with E-state index in [1.54, 1.807) is 0 Å². The van der Waals surface area contributed by atoms with E-state index >= 15 is 0 Å². The van der Waals surface area contributed by atoms with Crippen LogP contribution in [0.15, 0.2) is 72.8 Å². The highest BCUT2D eigenvalue weighted by atomic mass is 32.1. The molecule has 0 fully saturated rings. The number of hydrogen-bond acceptors (Lipinski definition) is 2. The molecular weight excluding hydrogens is 473 g/mol. The first-order valence-electron chi connectivity index (χ1n) is 14.2. The minimum Gasteiger partial charge on any atom is -0.134 e. The predicted octanol–water partition coefficient (Wildman–Crippen LogP) is 11.8. The first-order chi connectivity index (χ1) is 17.8. The van der Waals surface area contributed by atoms with Crippen LogP contribution >= 0.6 is 22.7 Å². The number of benzene rings is 2. The Kier molecular flexibility index (Phi) is 10.9. The molecule has 2 heterocycles. The van der Waals surface area contributed by atoms with Gasteiger partial charge in [0.15, 0.2) is 0 Å². The van der Waals surface area contributed by atoms with Gasteiger partial charge in [-0.2, -0.15) is 0 Å². The van der Waals surface area contributed by atoms with Gasteiger partial charge in [0, 0.05) is 19.5 Å². The second kappa shape index (κ2) is 14.5. The lowest BCUT2D eigenvalue weighted by atomic mass is 10.0. The minimum absolute atomic E-state index is 1.21. The van der Waals surface area contributed by atoms with E-state index in [-0.39, 0.29) is 0 Å². The summed E-state index contributed by atoms with van der Waals surface area (Å²) in [6.07, 6.45) is 15.9. The molecule has 4 rings (SSSR count). The fraction of sp³-hybridized carbons (Fsp3) is 0.412. The van der Waals surface area contributed by atoms with Gasteiger partial charge in [0.05, 0.1) is 0 Å². The Hall–Kier alpha value is -2.16. The third kappa shape index (κ3) is 7.92. The summed E-state index contributed by atoms with van der Waals surface area (Å²) in [5.41, 5.74) is 5.61. The quantitative estimate of drug-likeness (QED) is 0.138. The average molecular weight is 515 g/mol. The highest BCUT2D eigenvalue weighted by Crippen LogP contribution is 2.40. The van der Waals surface area contributed by atoms with E-state index in [0.29, 0.717) is 0 Å². The normalized spacial score (nSPS) is 11.3. The molecule has 0 amide bonds. The number of rotatable bonds is 15. The van der Waals surface area contributed by atoms with Crippen LogP contribution in [-0.2, 0) is 12.8 Å². The molecule has 2 aromatic carbocycles. The summed E-state index contributed by atoms with van der Waals surface area (Å²) in [7, 11) is 0. The van der Waals surface area contributed by atoms with Gasteiger partial charge in [-0.1, -0.05) is 114 Å². The first-order valence-corrected chi connectivity index (χ1v) is 15.8. The number of unbranched alkanes of at least 4 members (excludes halogenated alkanes) is 8. The van der Waals surface area contributed by atoms with Crippen LogP contribution in [-0.4, -0.2) is 0 Å². The van der Waals surface area contributed by atoms with E-state index in [1.807, 2.05) is 22.7 Å². The molecule has 0 spiro atoms. The topological polar surface area (TPSA) is 0 Å². The van der Waals surface area contributed by atoms with Crippen molar-refractivity contribution in [3.8, 4) is 30.6 Å². The zero-order valence-electron chi connectivity index (χ0n) is 22.2. The Morgan fingerprint density at radius 1 is 0.389 bits per heavy atom. The van der Waals surface area contributed by atoms with Crippen molar-refractivity contribution in [3.63, 3.8) is 0 Å². The van der Waals surface area contributed by atoms with Crippen molar-refractivity contribution < 1.29 is 0 Å². The maximum Gasteiger partial charge on any atom is 0.0449 e. The Balaban J connectivity index is 1.32. The summed E-state index contributed by atoms with van der Waals surface area (Å²) in [5.74, 6) is 0. The third-order valence-electron chi connectivity index (χ3n) is 7.07. The molecule has 36 heavy (non-hydrogen) atoms. The molecule has 0 radical (unpaired) electrons. The van der Waals surface area contributed by atoms with Crippen molar-refractivity contribution in [1.29, 1.82) is 0 Å². The van der Waals surface area contributed by atoms with Crippen molar-refractivity contribution in [3.05, 3.63) is 83.9 Å². The van der Waals surface area contributed by atoms with Gasteiger partial charge in [0.1, 0.15) is 0 Å². The highest BCUT2D eigenvalue weighted by Gasteiger charge is 2.09. The molecule has 190 valence electrons. The van der Waals surface area contributed by atoms with E-state index in [4.69, 9.17) is 0 Å². The van der Waals surface area contributed by atoms with E-state index in [9.17, 15) is 0 Å². The molecule has 0 saturated carbocycles. The van der Waals surface area contributed by atoms with Crippen LogP contribution in [0.25, 0.3) is 30.6 Å². The van der Waals surface area contributed by atoms with Crippen LogP contribution in [0.1, 0.15) is 89.2 Å². The molecule has 0 bridgehead atoms. The zero-order valence-corrected chi connectivity index (χ0v) is 23.9. The third-order valence-corrected chi connectivity index (χ3v) is 9.53. The second-order valence-corrected chi connectivity index (χ2v) is 12.2. The fourth-order valence-corrected chi connectivity index (χ4v) is 6.90. The number of aryl methyl sites for hydroxylation is 2. The van der Waals surface area contributed by atoms with E-state index in [2.05, 4.69) is 86.6 Å². The summed E-state index contributed by atoms with van der Waals surface area (Å²) >= 11 is 3.82. The van der Waals surface area contributed by atoms with Gasteiger partial charge in [-0.3, -0.25) is 0 Å². The van der Waals surface area contributed by atoms with E-state index in [1.165, 1.54) is 119 Å². The lowest BCUT2D eigenvalue weighted by molar-refractivity contribution is 0.632. The van der Waals surface area contributed by atoms with Gasteiger partial charge in [0.25, 0.3) is 0 Å². The summed E-state index contributed by atoms with van der Waals surface area (Å²) in [4.78, 5) is 5.45. The Morgan fingerprint density at radius 2 is 0.750 bits per heavy atom. The van der Waals surface area contributed by atoms with Crippen molar-refractivity contribution in [1.82, 2.24) is 0 Å². The average Bonchev–Trinajstić information content (AvgIpc) is 3.60. The molecule has 2 heteroatoms. The van der Waals surface area contributed by atoms with Gasteiger partial charge in [-0.05, 0) is 72.2 Å². The van der Waals surface area contributed by atoms with Gasteiger partial charge in [-0.15, -0.1) is 22.7 Å². The smallest absolute Gasteiger partial charge is 0.0449 e. The molecule has 0 atom stereocenters. The molecule has 0 N–H and O–H groups in total. The highest BCUT2D eigenvalue weighted by molar-refractivity contribution is 7.25. The monoisotopic (exact) mass is 514 g/mol. The molecule has 4 aromatic rings. The van der Waals surface area contributed by atoms with Crippen molar-refractivity contribution in [2.24, 2.45) is 0 Å². The van der Waals surface area contributed by atoms with E-state index in [0.717, 1.165) is 0 Å². The summed E-state index contributed by atoms with van der Waals surface area (Å²) in [6.45, 7) is 4.56. The minimum atomic E-state index is 1.21. The van der Waals surface area contributed by atoms with Crippen LogP contribution < -0.4 is 0 Å². The van der Waals surface area contributed by atoms with Gasteiger partial charge in [-0.25, -0.2) is 0 Å². The molecule has 0 aliphatic carbocycles. The largest absolute Gasteiger partial charge is 0.134 e. The Morgan fingerprint density at radius 3 is 1.14 bits per heavy atom. The lowest BCUT2D eigenvalue weighted by Gasteiger charge is -2.04. The summed E-state index contributed by atoms with van der Waals surface area (Å²) < 4.78 is 0. The van der Waals surface area contributed by atoms with Crippen LogP contribution in [0.3, 0.4) is 0 Å². The standard InChI is InChI=1S/C34H42S2/c1-3-5-7-9-11-13-27-15-19-29(20-16-27)31-23-25-33(35-31)34-26-24-32(36-34)30-21-17-28(18-22-30)14-12-10-8-6-4-2/h15-26H,3-14H2,1-2H3. The van der Waals surface area contributed by atoms with Gasteiger partial charge in [0.2, 0.25) is 0 Å². The Bertz CT molecular complexity index is 1050. The molecule has 2 aromatic heterocycles. The van der Waals surface area contributed by atoms with Crippen molar-refractivity contribution in [2.45, 2.75) is 90.9 Å². The maximum atomic E-state index is 2.33. The molecule has 0 unspecified atom stereocenters. The van der Waals surface area contributed by atoms with Crippen LogP contribution in [0.2, 0.25) is 0 Å². The molecule has 0 aliphatic heterocycles. The summed E-state index contributed by atoms with van der Waals surface area (Å²) in [6, 6.07) is 27.7. The molecule has 0 saturated heterocycles. The maximum absolute atomic E-state index is 2.33. The van der Waals surface area contributed by atoms with Crippen LogP contribution in [0.5, 0.6) is 0 Å². The summed E-state index contributed by atoms with van der Waals surface area (Å²) in [5, 5.41) is 0. The van der Waals surface area contributed by atoms with E-state index < -0.39 is 0 Å². The van der Waals surface area contributed by atoms with Crippen LogP contribution in [0, 0.1) is 0 Å². The number of hydrogen-bond donors (Lipinski definition) is 0. The molecular formula is C34H42S2. The fourth-order valence-electron chi connectivity index (χ4n) is 4.79. The lowest BCUT2D eigenvalue weighted by Crippen LogP contribution is -1.86. The predicted molar refractivity (Wildman–Crippen MR) is 163 cm³/mol. The number of thiophene rings is 2. The van der Waals surface area contributed by atoms with Gasteiger partial charge >= 0.3 is 0 Å². The van der Waals surface area contributed by atoms with Gasteiger partial charge < -0.3 is 0 Å². The molecule has 0 aliphatic rings. The SMILES string of the molecule is CCCCCCCc1ccc(-c2ccc(-c3ccc(-c4ccc(CCCCCCC)cc4)s3)s2)cc1. The first kappa shape index (κ1) is 26.9. The zero-order chi connectivity index (χ0) is 25.0. The Labute approximate surface area is 227 Å². The second-order valence-electron chi connectivity index (χ2n) is 10.1. The van der Waals surface area contributed by atoms with Crippen LogP contribution in [0.4, 0.5) is 0 Å². The van der Waals surface area contributed by atoms with Crippen molar-refractivity contribution in [2.75, 3.05) is 0 Å². The van der Waals surface area contributed by atoms with Crippen molar-refractivity contribution >= 4 is 22.7 Å². The molecule has 0 nitrogen and oxygen atoms in total.